The lowest BCUT2D eigenvalue weighted by Crippen LogP contribution is -2.54. The molecule has 6 amide bonds. The van der Waals surface area contributed by atoms with Crippen molar-refractivity contribution in [2.45, 2.75) is 33.6 Å². The summed E-state index contributed by atoms with van der Waals surface area (Å²) >= 11 is 0. The van der Waals surface area contributed by atoms with E-state index in [1.807, 2.05) is 0 Å². The number of hydrogen-bond donors (Lipinski definition) is 5. The molecule has 1 aliphatic rings. The first-order chi connectivity index (χ1) is 24.7. The van der Waals surface area contributed by atoms with Crippen LogP contribution in [-0.4, -0.2) is 56.9 Å². The largest absolute Gasteiger partial charge is 0.494 e. The third kappa shape index (κ3) is 9.32. The maximum atomic E-state index is 13.4. The molecule has 268 valence electrons. The van der Waals surface area contributed by atoms with Gasteiger partial charge in [-0.1, -0.05) is 36.4 Å². The van der Waals surface area contributed by atoms with Gasteiger partial charge in [-0.2, -0.15) is 0 Å². The molecular weight excluding hydrogens is 676 g/mol. The van der Waals surface area contributed by atoms with Crippen LogP contribution in [0.15, 0.2) is 99.6 Å². The van der Waals surface area contributed by atoms with Gasteiger partial charge < -0.3 is 20.5 Å². The minimum atomic E-state index is -1.01. The number of nitrogens with zero attached hydrogens (tertiary/aromatic N) is 2. The Bertz CT molecular complexity index is 2210. The average molecular weight is 711 g/mol. The van der Waals surface area contributed by atoms with Gasteiger partial charge in [-0.3, -0.25) is 34.3 Å². The molecule has 0 atom stereocenters. The molecule has 1 aromatic heterocycles. The van der Waals surface area contributed by atoms with Gasteiger partial charge in [-0.15, -0.1) is 0 Å². The quantitative estimate of drug-likeness (QED) is 0.0606. The highest BCUT2D eigenvalue weighted by Crippen LogP contribution is 2.24. The smallest absolute Gasteiger partial charge is 0.335 e. The van der Waals surface area contributed by atoms with Crippen molar-refractivity contribution in [3.63, 3.8) is 0 Å². The average Bonchev–Trinajstić information content (AvgIpc) is 3.06. The molecule has 1 aliphatic heterocycles. The van der Waals surface area contributed by atoms with Crippen LogP contribution >= 0.6 is 0 Å². The summed E-state index contributed by atoms with van der Waals surface area (Å²) in [6, 6.07) is 10.8. The molecule has 0 aliphatic carbocycles. The Labute approximate surface area is 295 Å². The summed E-state index contributed by atoms with van der Waals surface area (Å²) in [6.07, 6.45) is 5.40. The van der Waals surface area contributed by atoms with Crippen molar-refractivity contribution in [1.82, 2.24) is 14.9 Å². The van der Waals surface area contributed by atoms with Gasteiger partial charge in [0.1, 0.15) is 11.1 Å². The third-order valence-electron chi connectivity index (χ3n) is 7.19. The summed E-state index contributed by atoms with van der Waals surface area (Å²) in [5.41, 5.74) is -1.09. The Morgan fingerprint density at radius 1 is 0.942 bits per heavy atom. The molecule has 0 spiro atoms. The SMILES string of the molecule is C=C(C)C(=O)OCCCC(=O)Nc1cccc(N2C(=O)NC(=O)C(=CC=C(C)C=Cc3c(O)[nH]c(=O)n(-c4cccc(NC(C)=O)c4)c3=O)C2=O)c1. The number of allylic oxidation sites excluding steroid dienone is 4. The van der Waals surface area contributed by atoms with Crippen LogP contribution in [0, 0.1) is 0 Å². The number of barbiturate groups is 1. The standard InChI is InChI=1S/C36H34N6O10/c1-20(2)34(49)52-17-7-12-29(44)38-24-9-6-11-26(19-24)42-33(48)28(31(46)40-36(42)51)16-14-21(3)13-15-27-30(45)39-35(50)41(32(27)47)25-10-5-8-23(18-25)37-22(4)43/h5-6,8-11,13-16,18-19,45H,1,7,12,17H2,2-4H3,(H,37,43)(H,38,44)(H,39,50)(H,40,46,51). The van der Waals surface area contributed by atoms with E-state index in [2.05, 4.69) is 27.5 Å². The number of hydrogen-bond acceptors (Lipinski definition) is 10. The van der Waals surface area contributed by atoms with Crippen LogP contribution in [0.5, 0.6) is 5.88 Å². The van der Waals surface area contributed by atoms with E-state index in [-0.39, 0.29) is 53.6 Å². The number of urea groups is 1. The number of aromatic amines is 1. The zero-order chi connectivity index (χ0) is 38.1. The number of carbonyl (C=O) groups excluding carboxylic acids is 6. The minimum Gasteiger partial charge on any atom is -0.494 e. The van der Waals surface area contributed by atoms with Crippen LogP contribution in [0.3, 0.4) is 0 Å². The first-order valence-corrected chi connectivity index (χ1v) is 15.6. The molecule has 0 radical (unpaired) electrons. The number of aromatic nitrogens is 2. The fourth-order valence-corrected chi connectivity index (χ4v) is 4.71. The van der Waals surface area contributed by atoms with Crippen LogP contribution in [0.2, 0.25) is 0 Å². The Morgan fingerprint density at radius 2 is 1.60 bits per heavy atom. The lowest BCUT2D eigenvalue weighted by atomic mass is 10.1. The van der Waals surface area contributed by atoms with Gasteiger partial charge >= 0.3 is 17.7 Å². The van der Waals surface area contributed by atoms with E-state index in [1.165, 1.54) is 80.6 Å². The molecule has 16 heteroatoms. The van der Waals surface area contributed by atoms with Gasteiger partial charge in [0.2, 0.25) is 17.7 Å². The van der Waals surface area contributed by atoms with Gasteiger partial charge in [-0.25, -0.2) is 23.9 Å². The lowest BCUT2D eigenvalue weighted by Gasteiger charge is -2.26. The van der Waals surface area contributed by atoms with Crippen LogP contribution in [0.1, 0.15) is 39.2 Å². The maximum Gasteiger partial charge on any atom is 0.335 e. The van der Waals surface area contributed by atoms with Crippen LogP contribution < -0.4 is 32.1 Å². The maximum absolute atomic E-state index is 13.4. The lowest BCUT2D eigenvalue weighted by molar-refractivity contribution is -0.139. The number of esters is 1. The van der Waals surface area contributed by atoms with Crippen molar-refractivity contribution in [2.75, 3.05) is 22.1 Å². The number of anilines is 3. The van der Waals surface area contributed by atoms with E-state index in [0.717, 1.165) is 9.47 Å². The molecule has 4 rings (SSSR count). The second kappa shape index (κ2) is 16.5. The summed E-state index contributed by atoms with van der Waals surface area (Å²) in [6.45, 7) is 7.87. The van der Waals surface area contributed by atoms with Gasteiger partial charge in [0.25, 0.3) is 17.4 Å². The number of imide groups is 2. The zero-order valence-corrected chi connectivity index (χ0v) is 28.3. The highest BCUT2D eigenvalue weighted by Gasteiger charge is 2.36. The second-order valence-electron chi connectivity index (χ2n) is 11.4. The molecular formula is C36H34N6O10. The van der Waals surface area contributed by atoms with Crippen molar-refractivity contribution in [1.29, 1.82) is 0 Å². The zero-order valence-electron chi connectivity index (χ0n) is 28.3. The molecule has 5 N–H and O–H groups in total. The van der Waals surface area contributed by atoms with Gasteiger partial charge in [0.05, 0.1) is 18.0 Å². The molecule has 3 aromatic rings. The number of H-pyrrole nitrogens is 1. The number of benzene rings is 2. The summed E-state index contributed by atoms with van der Waals surface area (Å²) < 4.78 is 5.74. The van der Waals surface area contributed by atoms with Gasteiger partial charge in [0.15, 0.2) is 0 Å². The fraction of sp³-hybridized carbons (Fsp3) is 0.167. The van der Waals surface area contributed by atoms with Gasteiger partial charge in [0, 0.05) is 30.3 Å². The third-order valence-corrected chi connectivity index (χ3v) is 7.19. The topological polar surface area (TPSA) is 226 Å². The van der Waals surface area contributed by atoms with E-state index >= 15 is 0 Å². The molecule has 52 heavy (non-hydrogen) atoms. The number of amides is 6. The van der Waals surface area contributed by atoms with Crippen LogP contribution in [0.4, 0.5) is 21.9 Å². The molecule has 0 saturated carbocycles. The minimum absolute atomic E-state index is 0.0147. The van der Waals surface area contributed by atoms with E-state index in [4.69, 9.17) is 4.74 Å². The molecule has 2 aromatic carbocycles. The molecule has 16 nitrogen and oxygen atoms in total. The number of ether oxygens (including phenoxy) is 1. The second-order valence-corrected chi connectivity index (χ2v) is 11.4. The summed E-state index contributed by atoms with van der Waals surface area (Å²) in [7, 11) is 0. The van der Waals surface area contributed by atoms with Crippen LogP contribution in [-0.2, 0) is 28.7 Å². The predicted octanol–water partition coefficient (Wildman–Crippen LogP) is 3.20. The summed E-state index contributed by atoms with van der Waals surface area (Å²) in [4.78, 5) is 103. The van der Waals surface area contributed by atoms with Crippen molar-refractivity contribution in [2.24, 2.45) is 0 Å². The first kappa shape index (κ1) is 37.7. The van der Waals surface area contributed by atoms with Gasteiger partial charge in [-0.05, 0) is 68.8 Å². The Hall–Kier alpha value is -7.10. The highest BCUT2D eigenvalue weighted by atomic mass is 16.5. The number of carbonyl (C=O) groups is 6. The molecule has 1 saturated heterocycles. The van der Waals surface area contributed by atoms with E-state index < -0.39 is 52.4 Å². The monoisotopic (exact) mass is 710 g/mol. The highest BCUT2D eigenvalue weighted by molar-refractivity contribution is 6.37. The Kier molecular flexibility index (Phi) is 12.0. The van der Waals surface area contributed by atoms with Crippen molar-refractivity contribution in [3.05, 3.63) is 116 Å². The first-order valence-electron chi connectivity index (χ1n) is 15.6. The molecule has 0 bridgehead atoms. The van der Waals surface area contributed by atoms with E-state index in [1.54, 1.807) is 13.0 Å². The Morgan fingerprint density at radius 3 is 2.27 bits per heavy atom. The van der Waals surface area contributed by atoms with Crippen molar-refractivity contribution >= 4 is 58.8 Å². The number of rotatable bonds is 12. The normalized spacial score (nSPS) is 14.0. The van der Waals surface area contributed by atoms with Crippen molar-refractivity contribution < 1.29 is 38.6 Å². The predicted molar refractivity (Wildman–Crippen MR) is 191 cm³/mol. The summed E-state index contributed by atoms with van der Waals surface area (Å²) in [5, 5.41) is 17.7. The molecule has 1 fully saturated rings. The fourth-order valence-electron chi connectivity index (χ4n) is 4.71. The van der Waals surface area contributed by atoms with Crippen molar-refractivity contribution in [3.8, 4) is 11.6 Å². The number of aromatic hydroxyl groups is 1. The van der Waals surface area contributed by atoms with Crippen LogP contribution in [0.25, 0.3) is 11.8 Å². The Balaban J connectivity index is 1.51. The van der Waals surface area contributed by atoms with E-state index in [9.17, 15) is 43.5 Å². The summed E-state index contributed by atoms with van der Waals surface area (Å²) in [5.74, 6) is -3.95. The van der Waals surface area contributed by atoms with E-state index in [0.29, 0.717) is 11.3 Å². The molecule has 2 heterocycles. The molecule has 0 unspecified atom stereocenters. The number of nitrogens with one attached hydrogen (secondary N) is 4.